The summed E-state index contributed by atoms with van der Waals surface area (Å²) in [6.07, 6.45) is 3.77. The molecule has 0 aliphatic carbocycles. The SMILES string of the molecule is CC(C)C(C#N)(CCCCC(=O)N1CCC[C@@H]1C(=O)NCc1ccc(Cl)cc1F)c1ccccc1. The van der Waals surface area contributed by atoms with Crippen LogP contribution in [-0.2, 0) is 21.5 Å². The van der Waals surface area contributed by atoms with Crippen LogP contribution in [0.15, 0.2) is 48.5 Å². The van der Waals surface area contributed by atoms with Crippen molar-refractivity contribution >= 4 is 23.4 Å². The van der Waals surface area contributed by atoms with Crippen molar-refractivity contribution in [3.63, 3.8) is 0 Å². The van der Waals surface area contributed by atoms with E-state index in [4.69, 9.17) is 11.6 Å². The number of likely N-dealkylation sites (tertiary alicyclic amines) is 1. The van der Waals surface area contributed by atoms with Gasteiger partial charge in [0.2, 0.25) is 11.8 Å². The van der Waals surface area contributed by atoms with Gasteiger partial charge < -0.3 is 10.2 Å². The first-order chi connectivity index (χ1) is 16.8. The smallest absolute Gasteiger partial charge is 0.243 e. The molecule has 1 aliphatic heterocycles. The summed E-state index contributed by atoms with van der Waals surface area (Å²) in [7, 11) is 0. The zero-order valence-corrected chi connectivity index (χ0v) is 21.2. The van der Waals surface area contributed by atoms with Gasteiger partial charge in [-0.25, -0.2) is 4.39 Å². The van der Waals surface area contributed by atoms with E-state index >= 15 is 0 Å². The van der Waals surface area contributed by atoms with Gasteiger partial charge in [-0.3, -0.25) is 9.59 Å². The Balaban J connectivity index is 1.52. The van der Waals surface area contributed by atoms with Gasteiger partial charge in [0.05, 0.1) is 11.5 Å². The van der Waals surface area contributed by atoms with Crippen LogP contribution in [0.2, 0.25) is 5.02 Å². The standard InChI is InChI=1S/C28H33ClFN3O2/c1-20(2)28(19-31,22-9-4-3-5-10-22)15-7-6-12-26(34)33-16-8-11-25(33)27(35)32-18-21-13-14-23(29)17-24(21)30/h3-5,9-10,13-14,17,20,25H,6-8,11-12,15-16,18H2,1-2H3,(H,32,35)/t25-,28?/m1/s1. The van der Waals surface area contributed by atoms with Crippen LogP contribution < -0.4 is 5.32 Å². The molecule has 1 heterocycles. The molecule has 186 valence electrons. The van der Waals surface area contributed by atoms with Crippen molar-refractivity contribution in [1.82, 2.24) is 10.2 Å². The van der Waals surface area contributed by atoms with E-state index in [0.717, 1.165) is 18.4 Å². The number of benzene rings is 2. The predicted molar refractivity (Wildman–Crippen MR) is 135 cm³/mol. The second-order valence-electron chi connectivity index (χ2n) is 9.51. The minimum Gasteiger partial charge on any atom is -0.350 e. The molecular formula is C28H33ClFN3O2. The summed E-state index contributed by atoms with van der Waals surface area (Å²) in [5, 5.41) is 13.1. The number of rotatable bonds is 10. The molecule has 1 N–H and O–H groups in total. The second kappa shape index (κ2) is 12.2. The molecule has 1 aliphatic rings. The number of carbonyl (C=O) groups excluding carboxylic acids is 2. The van der Waals surface area contributed by atoms with Crippen molar-refractivity contribution in [1.29, 1.82) is 5.26 Å². The van der Waals surface area contributed by atoms with Gasteiger partial charge in [-0.15, -0.1) is 0 Å². The molecular weight excluding hydrogens is 465 g/mol. The van der Waals surface area contributed by atoms with E-state index in [2.05, 4.69) is 25.2 Å². The van der Waals surface area contributed by atoms with Gasteiger partial charge >= 0.3 is 0 Å². The van der Waals surface area contributed by atoms with E-state index in [0.29, 0.717) is 42.8 Å². The number of hydrogen-bond acceptors (Lipinski definition) is 3. The summed E-state index contributed by atoms with van der Waals surface area (Å²) in [6.45, 7) is 4.71. The summed E-state index contributed by atoms with van der Waals surface area (Å²) >= 11 is 5.78. The van der Waals surface area contributed by atoms with Crippen LogP contribution in [0.5, 0.6) is 0 Å². The molecule has 0 spiro atoms. The Morgan fingerprint density at radius 2 is 1.97 bits per heavy atom. The molecule has 1 unspecified atom stereocenters. The number of nitriles is 1. The lowest BCUT2D eigenvalue weighted by Gasteiger charge is -2.31. The maximum absolute atomic E-state index is 14.0. The highest BCUT2D eigenvalue weighted by molar-refractivity contribution is 6.30. The van der Waals surface area contributed by atoms with Crippen LogP contribution in [0, 0.1) is 23.1 Å². The summed E-state index contributed by atoms with van der Waals surface area (Å²) in [5.74, 6) is -0.644. The van der Waals surface area contributed by atoms with Crippen LogP contribution >= 0.6 is 11.6 Å². The highest BCUT2D eigenvalue weighted by atomic mass is 35.5. The quantitative estimate of drug-likeness (QED) is 0.424. The Bertz CT molecular complexity index is 1070. The normalized spacial score (nSPS) is 17.1. The highest BCUT2D eigenvalue weighted by Crippen LogP contribution is 2.37. The third-order valence-electron chi connectivity index (χ3n) is 7.03. The van der Waals surface area contributed by atoms with E-state index < -0.39 is 17.3 Å². The molecule has 0 bridgehead atoms. The number of unbranched alkanes of at least 4 members (excludes halogenated alkanes) is 1. The Kier molecular flexibility index (Phi) is 9.28. The summed E-state index contributed by atoms with van der Waals surface area (Å²) in [6, 6.07) is 16.2. The zero-order chi connectivity index (χ0) is 25.4. The van der Waals surface area contributed by atoms with Gasteiger partial charge in [0.1, 0.15) is 11.9 Å². The molecule has 0 saturated carbocycles. The maximum Gasteiger partial charge on any atom is 0.243 e. The molecule has 0 aromatic heterocycles. The second-order valence-corrected chi connectivity index (χ2v) is 9.95. The number of carbonyl (C=O) groups is 2. The molecule has 5 nitrogen and oxygen atoms in total. The summed E-state index contributed by atoms with van der Waals surface area (Å²) < 4.78 is 14.0. The lowest BCUT2D eigenvalue weighted by molar-refractivity contribution is -0.138. The van der Waals surface area contributed by atoms with Crippen molar-refractivity contribution < 1.29 is 14.0 Å². The van der Waals surface area contributed by atoms with E-state index in [9.17, 15) is 19.2 Å². The van der Waals surface area contributed by atoms with Gasteiger partial charge in [0.25, 0.3) is 0 Å². The Labute approximate surface area is 212 Å². The van der Waals surface area contributed by atoms with Crippen molar-refractivity contribution in [2.75, 3.05) is 6.54 Å². The molecule has 1 saturated heterocycles. The summed E-state index contributed by atoms with van der Waals surface area (Å²) in [4.78, 5) is 27.3. The van der Waals surface area contributed by atoms with Crippen LogP contribution in [0.3, 0.4) is 0 Å². The fraction of sp³-hybridized carbons (Fsp3) is 0.464. The van der Waals surface area contributed by atoms with Crippen LogP contribution in [0.1, 0.15) is 63.5 Å². The number of halogens is 2. The average Bonchev–Trinajstić information content (AvgIpc) is 3.34. The first-order valence-corrected chi connectivity index (χ1v) is 12.6. The molecule has 2 amide bonds. The van der Waals surface area contributed by atoms with Crippen LogP contribution in [-0.4, -0.2) is 29.3 Å². The van der Waals surface area contributed by atoms with Crippen molar-refractivity contribution in [2.45, 2.75) is 70.4 Å². The first-order valence-electron chi connectivity index (χ1n) is 12.3. The van der Waals surface area contributed by atoms with Gasteiger partial charge in [-0.05, 0) is 49.3 Å². The summed E-state index contributed by atoms with van der Waals surface area (Å²) in [5.41, 5.74) is 0.775. The van der Waals surface area contributed by atoms with Gasteiger partial charge in [-0.2, -0.15) is 5.26 Å². The molecule has 2 aromatic rings. The highest BCUT2D eigenvalue weighted by Gasteiger charge is 2.36. The van der Waals surface area contributed by atoms with Crippen LogP contribution in [0.4, 0.5) is 4.39 Å². The molecule has 0 radical (unpaired) electrons. The van der Waals surface area contributed by atoms with E-state index in [1.807, 2.05) is 30.3 Å². The molecule has 1 fully saturated rings. The number of nitrogens with zero attached hydrogens (tertiary/aromatic N) is 2. The van der Waals surface area contributed by atoms with Crippen molar-refractivity contribution in [3.05, 3.63) is 70.5 Å². The Hall–Kier alpha value is -2.91. The third kappa shape index (κ3) is 6.41. The molecule has 3 rings (SSSR count). The maximum atomic E-state index is 14.0. The fourth-order valence-corrected chi connectivity index (χ4v) is 5.04. The fourth-order valence-electron chi connectivity index (χ4n) is 4.88. The van der Waals surface area contributed by atoms with Gasteiger partial charge in [0, 0.05) is 30.1 Å². The molecule has 7 heteroatoms. The average molecular weight is 498 g/mol. The molecule has 2 atom stereocenters. The van der Waals surface area contributed by atoms with Gasteiger partial charge in [0.15, 0.2) is 0 Å². The number of amides is 2. The molecule has 2 aromatic carbocycles. The first kappa shape index (κ1) is 26.7. The van der Waals surface area contributed by atoms with Crippen molar-refractivity contribution in [2.24, 2.45) is 5.92 Å². The number of nitrogens with one attached hydrogen (secondary N) is 1. The monoisotopic (exact) mass is 497 g/mol. The minimum atomic E-state index is -0.586. The topological polar surface area (TPSA) is 73.2 Å². The van der Waals surface area contributed by atoms with Crippen molar-refractivity contribution in [3.8, 4) is 6.07 Å². The lowest BCUT2D eigenvalue weighted by atomic mass is 9.69. The van der Waals surface area contributed by atoms with E-state index in [-0.39, 0.29) is 24.3 Å². The van der Waals surface area contributed by atoms with E-state index in [1.165, 1.54) is 6.07 Å². The van der Waals surface area contributed by atoms with E-state index in [1.54, 1.807) is 17.0 Å². The predicted octanol–water partition coefficient (Wildman–Crippen LogP) is 5.76. The number of hydrogen-bond donors (Lipinski definition) is 1. The molecule has 35 heavy (non-hydrogen) atoms. The lowest BCUT2D eigenvalue weighted by Crippen LogP contribution is -2.45. The third-order valence-corrected chi connectivity index (χ3v) is 7.26. The Morgan fingerprint density at radius 1 is 1.23 bits per heavy atom. The zero-order valence-electron chi connectivity index (χ0n) is 20.4. The Morgan fingerprint density at radius 3 is 2.63 bits per heavy atom. The van der Waals surface area contributed by atoms with Crippen LogP contribution in [0.25, 0.3) is 0 Å². The minimum absolute atomic E-state index is 0.0469. The largest absolute Gasteiger partial charge is 0.350 e. The van der Waals surface area contributed by atoms with Gasteiger partial charge in [-0.1, -0.05) is 68.3 Å².